The molecule has 0 aliphatic carbocycles. The number of benzene rings is 2. The lowest BCUT2D eigenvalue weighted by molar-refractivity contribution is 0.494. The van der Waals surface area contributed by atoms with Crippen LogP contribution in [0.25, 0.3) is 0 Å². The van der Waals surface area contributed by atoms with Crippen molar-refractivity contribution in [2.24, 2.45) is 0 Å². The highest BCUT2D eigenvalue weighted by Crippen LogP contribution is 2.20. The Bertz CT molecular complexity index is 611. The fourth-order valence-corrected chi connectivity index (χ4v) is 2.26. The first kappa shape index (κ1) is 14.8. The lowest BCUT2D eigenvalue weighted by Crippen LogP contribution is -2.22. The van der Waals surface area contributed by atoms with Crippen LogP contribution in [0.1, 0.15) is 48.2 Å². The average Bonchev–Trinajstić information content (AvgIpc) is 2.55. The summed E-state index contributed by atoms with van der Waals surface area (Å²) in [7, 11) is 0. The molecule has 0 bridgehead atoms. The summed E-state index contributed by atoms with van der Waals surface area (Å²) < 4.78 is 0. The molecule has 0 aliphatic heterocycles. The molecule has 0 spiro atoms. The maximum atomic E-state index is 8.82. The van der Waals surface area contributed by atoms with E-state index in [2.05, 4.69) is 31.3 Å². The van der Waals surface area contributed by atoms with Gasteiger partial charge in [0.15, 0.2) is 0 Å². The summed E-state index contributed by atoms with van der Waals surface area (Å²) in [6, 6.07) is 19.8. The van der Waals surface area contributed by atoms with E-state index in [1.165, 1.54) is 0 Å². The van der Waals surface area contributed by atoms with E-state index in [1.807, 2.05) is 48.5 Å². The topological polar surface area (TPSA) is 59.6 Å². The van der Waals surface area contributed by atoms with Gasteiger partial charge in [0.05, 0.1) is 23.3 Å². The number of nitriles is 2. The number of hydrogen-bond acceptors (Lipinski definition) is 3. The minimum atomic E-state index is 0.184. The molecule has 0 aliphatic rings. The Kier molecular flexibility index (Phi) is 4.72. The van der Waals surface area contributed by atoms with E-state index in [0.29, 0.717) is 11.1 Å². The van der Waals surface area contributed by atoms with Crippen LogP contribution in [0.2, 0.25) is 0 Å². The van der Waals surface area contributed by atoms with E-state index in [0.717, 1.165) is 11.1 Å². The van der Waals surface area contributed by atoms with Gasteiger partial charge in [-0.1, -0.05) is 24.3 Å². The lowest BCUT2D eigenvalue weighted by atomic mass is 10.0. The number of nitrogens with one attached hydrogen (secondary N) is 1. The fraction of sp³-hybridized carbons (Fsp3) is 0.222. The molecule has 0 saturated heterocycles. The van der Waals surface area contributed by atoms with Gasteiger partial charge in [0.2, 0.25) is 0 Å². The van der Waals surface area contributed by atoms with Gasteiger partial charge in [-0.05, 0) is 49.2 Å². The van der Waals surface area contributed by atoms with Gasteiger partial charge in [-0.3, -0.25) is 0 Å². The SMILES string of the molecule is CC(NC(C)c1ccc(C#N)cc1)c1ccc(C#N)cc1. The molecule has 3 heteroatoms. The van der Waals surface area contributed by atoms with Crippen molar-refractivity contribution in [1.82, 2.24) is 5.32 Å². The van der Waals surface area contributed by atoms with Gasteiger partial charge < -0.3 is 5.32 Å². The molecule has 1 N–H and O–H groups in total. The van der Waals surface area contributed by atoms with E-state index in [1.54, 1.807) is 0 Å². The van der Waals surface area contributed by atoms with Crippen LogP contribution in [0.4, 0.5) is 0 Å². The molecule has 0 radical (unpaired) electrons. The summed E-state index contributed by atoms with van der Waals surface area (Å²) >= 11 is 0. The van der Waals surface area contributed by atoms with Crippen molar-refractivity contribution in [3.8, 4) is 12.1 Å². The summed E-state index contributed by atoms with van der Waals surface area (Å²) in [5, 5.41) is 21.2. The highest BCUT2D eigenvalue weighted by atomic mass is 14.9. The number of nitrogens with zero attached hydrogens (tertiary/aromatic N) is 2. The molecule has 3 nitrogen and oxygen atoms in total. The number of hydrogen-bond donors (Lipinski definition) is 1. The Balaban J connectivity index is 2.05. The number of rotatable bonds is 4. The van der Waals surface area contributed by atoms with Crippen molar-refractivity contribution in [2.75, 3.05) is 0 Å². The van der Waals surface area contributed by atoms with Crippen LogP contribution >= 0.6 is 0 Å². The first-order valence-electron chi connectivity index (χ1n) is 6.90. The van der Waals surface area contributed by atoms with Crippen molar-refractivity contribution >= 4 is 0 Å². The van der Waals surface area contributed by atoms with Gasteiger partial charge in [-0.25, -0.2) is 0 Å². The van der Waals surface area contributed by atoms with Gasteiger partial charge in [0.25, 0.3) is 0 Å². The molecule has 0 fully saturated rings. The molecule has 2 atom stereocenters. The van der Waals surface area contributed by atoms with E-state index in [9.17, 15) is 0 Å². The normalized spacial score (nSPS) is 13.0. The van der Waals surface area contributed by atoms with Crippen molar-refractivity contribution in [3.63, 3.8) is 0 Å². The maximum absolute atomic E-state index is 8.82. The summed E-state index contributed by atoms with van der Waals surface area (Å²) in [6.07, 6.45) is 0. The molecule has 0 saturated carbocycles. The third-order valence-corrected chi connectivity index (χ3v) is 3.58. The molecular weight excluding hydrogens is 258 g/mol. The molecule has 0 amide bonds. The Hall–Kier alpha value is -2.62. The Labute approximate surface area is 125 Å². The van der Waals surface area contributed by atoms with E-state index >= 15 is 0 Å². The second-order valence-corrected chi connectivity index (χ2v) is 5.08. The average molecular weight is 275 g/mol. The fourth-order valence-electron chi connectivity index (χ4n) is 2.26. The van der Waals surface area contributed by atoms with E-state index in [4.69, 9.17) is 10.5 Å². The largest absolute Gasteiger partial charge is 0.304 e. The molecule has 0 heterocycles. The second kappa shape index (κ2) is 6.70. The van der Waals surface area contributed by atoms with Crippen LogP contribution < -0.4 is 5.32 Å². The predicted molar refractivity (Wildman–Crippen MR) is 82.3 cm³/mol. The van der Waals surface area contributed by atoms with Crippen molar-refractivity contribution in [2.45, 2.75) is 25.9 Å². The van der Waals surface area contributed by atoms with Crippen molar-refractivity contribution in [1.29, 1.82) is 10.5 Å². The lowest BCUT2D eigenvalue weighted by Gasteiger charge is -2.21. The molecule has 104 valence electrons. The Morgan fingerprint density at radius 2 is 1.05 bits per heavy atom. The van der Waals surface area contributed by atoms with Crippen LogP contribution in [0.3, 0.4) is 0 Å². The van der Waals surface area contributed by atoms with Gasteiger partial charge in [-0.15, -0.1) is 0 Å². The molecule has 2 unspecified atom stereocenters. The molecule has 2 aromatic rings. The Morgan fingerprint density at radius 3 is 1.33 bits per heavy atom. The smallest absolute Gasteiger partial charge is 0.0991 e. The molecular formula is C18H17N3. The zero-order valence-corrected chi connectivity index (χ0v) is 12.2. The summed E-state index contributed by atoms with van der Waals surface area (Å²) in [5.74, 6) is 0. The third kappa shape index (κ3) is 3.69. The standard InChI is InChI=1S/C18H17N3/c1-13(17-7-3-15(11-19)4-8-17)21-14(2)18-9-5-16(12-20)6-10-18/h3-10,13-14,21H,1-2H3. The zero-order valence-electron chi connectivity index (χ0n) is 12.2. The van der Waals surface area contributed by atoms with Crippen LogP contribution in [-0.4, -0.2) is 0 Å². The van der Waals surface area contributed by atoms with Crippen molar-refractivity contribution in [3.05, 3.63) is 70.8 Å². The summed E-state index contributed by atoms with van der Waals surface area (Å²) in [6.45, 7) is 4.20. The van der Waals surface area contributed by atoms with Gasteiger partial charge in [0, 0.05) is 12.1 Å². The molecule has 21 heavy (non-hydrogen) atoms. The maximum Gasteiger partial charge on any atom is 0.0991 e. The monoisotopic (exact) mass is 275 g/mol. The molecule has 0 aromatic heterocycles. The highest BCUT2D eigenvalue weighted by molar-refractivity contribution is 5.34. The van der Waals surface area contributed by atoms with Crippen LogP contribution in [0.5, 0.6) is 0 Å². The predicted octanol–water partition coefficient (Wildman–Crippen LogP) is 3.84. The second-order valence-electron chi connectivity index (χ2n) is 5.08. The van der Waals surface area contributed by atoms with Gasteiger partial charge >= 0.3 is 0 Å². The van der Waals surface area contributed by atoms with Crippen LogP contribution in [-0.2, 0) is 0 Å². The summed E-state index contributed by atoms with van der Waals surface area (Å²) in [5.41, 5.74) is 3.64. The first-order valence-corrected chi connectivity index (χ1v) is 6.90. The van der Waals surface area contributed by atoms with E-state index < -0.39 is 0 Å². The highest BCUT2D eigenvalue weighted by Gasteiger charge is 2.11. The molecule has 2 aromatic carbocycles. The first-order chi connectivity index (χ1) is 10.1. The van der Waals surface area contributed by atoms with Crippen molar-refractivity contribution < 1.29 is 0 Å². The Morgan fingerprint density at radius 1 is 0.714 bits per heavy atom. The quantitative estimate of drug-likeness (QED) is 0.922. The molecule has 2 rings (SSSR count). The third-order valence-electron chi connectivity index (χ3n) is 3.58. The van der Waals surface area contributed by atoms with Crippen LogP contribution in [0, 0.1) is 22.7 Å². The van der Waals surface area contributed by atoms with Crippen LogP contribution in [0.15, 0.2) is 48.5 Å². The minimum Gasteiger partial charge on any atom is -0.304 e. The van der Waals surface area contributed by atoms with Gasteiger partial charge in [-0.2, -0.15) is 10.5 Å². The minimum absolute atomic E-state index is 0.184. The zero-order chi connectivity index (χ0) is 15.2. The van der Waals surface area contributed by atoms with Gasteiger partial charge in [0.1, 0.15) is 0 Å². The summed E-state index contributed by atoms with van der Waals surface area (Å²) in [4.78, 5) is 0. The van der Waals surface area contributed by atoms with E-state index in [-0.39, 0.29) is 12.1 Å².